The SMILES string of the molecule is CCC(O)(CC)CNCC(O)COC1CCC(C)CC1. The van der Waals surface area contributed by atoms with E-state index in [9.17, 15) is 10.2 Å². The molecule has 0 aliphatic heterocycles. The minimum atomic E-state index is -0.653. The molecule has 4 nitrogen and oxygen atoms in total. The van der Waals surface area contributed by atoms with Crippen molar-refractivity contribution in [1.29, 1.82) is 0 Å². The summed E-state index contributed by atoms with van der Waals surface area (Å²) >= 11 is 0. The zero-order chi connectivity index (χ0) is 15.0. The summed E-state index contributed by atoms with van der Waals surface area (Å²) in [5.74, 6) is 0.821. The van der Waals surface area contributed by atoms with Crippen molar-refractivity contribution < 1.29 is 14.9 Å². The van der Waals surface area contributed by atoms with Gasteiger partial charge in [0.15, 0.2) is 0 Å². The van der Waals surface area contributed by atoms with Crippen LogP contribution in [0.1, 0.15) is 59.3 Å². The Kier molecular flexibility index (Phi) is 8.03. The highest BCUT2D eigenvalue weighted by atomic mass is 16.5. The van der Waals surface area contributed by atoms with Crippen LogP contribution in [0.15, 0.2) is 0 Å². The van der Waals surface area contributed by atoms with Crippen LogP contribution in [0.4, 0.5) is 0 Å². The standard InChI is InChI=1S/C16H33NO3/c1-4-16(19,5-2)12-17-10-14(18)11-20-15-8-6-13(3)7-9-15/h13-15,17-19H,4-12H2,1-3H3. The van der Waals surface area contributed by atoms with Crippen molar-refractivity contribution >= 4 is 0 Å². The molecule has 0 aromatic carbocycles. The van der Waals surface area contributed by atoms with Crippen LogP contribution in [0.3, 0.4) is 0 Å². The average Bonchev–Trinajstić information content (AvgIpc) is 2.46. The van der Waals surface area contributed by atoms with Crippen molar-refractivity contribution in [2.45, 2.75) is 77.1 Å². The third-order valence-electron chi connectivity index (χ3n) is 4.64. The summed E-state index contributed by atoms with van der Waals surface area (Å²) in [7, 11) is 0. The van der Waals surface area contributed by atoms with Gasteiger partial charge in [-0.15, -0.1) is 0 Å². The highest BCUT2D eigenvalue weighted by molar-refractivity contribution is 4.78. The molecule has 0 aromatic heterocycles. The van der Waals surface area contributed by atoms with E-state index in [-0.39, 0.29) is 0 Å². The Labute approximate surface area is 123 Å². The van der Waals surface area contributed by atoms with Gasteiger partial charge in [-0.1, -0.05) is 20.8 Å². The maximum absolute atomic E-state index is 10.1. The Morgan fingerprint density at radius 3 is 2.35 bits per heavy atom. The second-order valence-corrected chi connectivity index (χ2v) is 6.43. The van der Waals surface area contributed by atoms with Crippen molar-refractivity contribution in [3.05, 3.63) is 0 Å². The summed E-state index contributed by atoms with van der Waals surface area (Å²) in [6.07, 6.45) is 5.99. The lowest BCUT2D eigenvalue weighted by molar-refractivity contribution is -0.0304. The van der Waals surface area contributed by atoms with Gasteiger partial charge in [0.1, 0.15) is 0 Å². The molecule has 1 atom stereocenters. The summed E-state index contributed by atoms with van der Waals surface area (Å²) in [5.41, 5.74) is -0.653. The minimum absolute atomic E-state index is 0.323. The number of rotatable bonds is 9. The van der Waals surface area contributed by atoms with E-state index in [1.165, 1.54) is 12.8 Å². The molecular formula is C16H33NO3. The third kappa shape index (κ3) is 6.53. The topological polar surface area (TPSA) is 61.7 Å². The van der Waals surface area contributed by atoms with Gasteiger partial charge in [0.05, 0.1) is 24.4 Å². The fraction of sp³-hybridized carbons (Fsp3) is 1.00. The predicted octanol–water partition coefficient (Wildman–Crippen LogP) is 2.08. The van der Waals surface area contributed by atoms with E-state index in [1.807, 2.05) is 13.8 Å². The van der Waals surface area contributed by atoms with E-state index in [4.69, 9.17) is 4.74 Å². The molecule has 4 heteroatoms. The van der Waals surface area contributed by atoms with Crippen molar-refractivity contribution in [2.75, 3.05) is 19.7 Å². The number of ether oxygens (including phenoxy) is 1. The predicted molar refractivity (Wildman–Crippen MR) is 81.8 cm³/mol. The zero-order valence-electron chi connectivity index (χ0n) is 13.4. The van der Waals surface area contributed by atoms with Gasteiger partial charge in [0, 0.05) is 13.1 Å². The zero-order valence-corrected chi connectivity index (χ0v) is 13.4. The van der Waals surface area contributed by atoms with E-state index >= 15 is 0 Å². The second kappa shape index (κ2) is 8.98. The van der Waals surface area contributed by atoms with Gasteiger partial charge >= 0.3 is 0 Å². The van der Waals surface area contributed by atoms with E-state index in [0.29, 0.717) is 25.8 Å². The maximum Gasteiger partial charge on any atom is 0.0897 e. The van der Waals surface area contributed by atoms with E-state index in [1.54, 1.807) is 0 Å². The van der Waals surface area contributed by atoms with Crippen molar-refractivity contribution in [3.8, 4) is 0 Å². The van der Waals surface area contributed by atoms with Gasteiger partial charge in [-0.3, -0.25) is 0 Å². The molecule has 0 saturated heterocycles. The molecule has 1 saturated carbocycles. The van der Waals surface area contributed by atoms with Crippen LogP contribution < -0.4 is 5.32 Å². The highest BCUT2D eigenvalue weighted by Crippen LogP contribution is 2.25. The number of nitrogens with one attached hydrogen (secondary N) is 1. The molecule has 0 bridgehead atoms. The van der Waals surface area contributed by atoms with Gasteiger partial charge in [0.2, 0.25) is 0 Å². The smallest absolute Gasteiger partial charge is 0.0897 e. The monoisotopic (exact) mass is 287 g/mol. The molecule has 1 unspecified atom stereocenters. The minimum Gasteiger partial charge on any atom is -0.389 e. The summed E-state index contributed by atoms with van der Waals surface area (Å²) < 4.78 is 5.78. The van der Waals surface area contributed by atoms with Crippen LogP contribution in [0.5, 0.6) is 0 Å². The van der Waals surface area contributed by atoms with Gasteiger partial charge in [-0.25, -0.2) is 0 Å². The Balaban J connectivity index is 2.10. The maximum atomic E-state index is 10.1. The van der Waals surface area contributed by atoms with Crippen LogP contribution in [0.2, 0.25) is 0 Å². The first-order valence-corrected chi connectivity index (χ1v) is 8.22. The number of hydrogen-bond donors (Lipinski definition) is 3. The molecule has 0 radical (unpaired) electrons. The van der Waals surface area contributed by atoms with Crippen LogP contribution in [-0.4, -0.2) is 47.7 Å². The average molecular weight is 287 g/mol. The Morgan fingerprint density at radius 1 is 1.20 bits per heavy atom. The number of hydrogen-bond acceptors (Lipinski definition) is 4. The first-order valence-electron chi connectivity index (χ1n) is 8.22. The largest absolute Gasteiger partial charge is 0.389 e. The molecule has 1 rings (SSSR count). The third-order valence-corrected chi connectivity index (χ3v) is 4.64. The quantitative estimate of drug-likeness (QED) is 0.607. The second-order valence-electron chi connectivity index (χ2n) is 6.43. The molecule has 120 valence electrons. The molecule has 1 aliphatic rings. The van der Waals surface area contributed by atoms with Gasteiger partial charge in [0.25, 0.3) is 0 Å². The molecule has 0 heterocycles. The fourth-order valence-electron chi connectivity index (χ4n) is 2.67. The molecule has 3 N–H and O–H groups in total. The normalized spacial score (nSPS) is 25.6. The van der Waals surface area contributed by atoms with E-state index < -0.39 is 11.7 Å². The molecule has 0 aromatic rings. The first-order chi connectivity index (χ1) is 9.49. The number of aliphatic hydroxyl groups is 2. The molecule has 0 spiro atoms. The summed E-state index contributed by atoms with van der Waals surface area (Å²) in [6.45, 7) is 7.65. The molecule has 1 aliphatic carbocycles. The summed E-state index contributed by atoms with van der Waals surface area (Å²) in [6, 6.07) is 0. The first kappa shape index (κ1) is 17.9. The highest BCUT2D eigenvalue weighted by Gasteiger charge is 2.22. The van der Waals surface area contributed by atoms with Gasteiger partial charge in [-0.2, -0.15) is 0 Å². The van der Waals surface area contributed by atoms with Gasteiger partial charge < -0.3 is 20.3 Å². The van der Waals surface area contributed by atoms with E-state index in [0.717, 1.165) is 31.6 Å². The molecule has 20 heavy (non-hydrogen) atoms. The van der Waals surface area contributed by atoms with Crippen molar-refractivity contribution in [3.63, 3.8) is 0 Å². The number of aliphatic hydroxyl groups excluding tert-OH is 1. The molecule has 1 fully saturated rings. The lowest BCUT2D eigenvalue weighted by Gasteiger charge is -2.28. The lowest BCUT2D eigenvalue weighted by Crippen LogP contribution is -2.43. The van der Waals surface area contributed by atoms with Crippen LogP contribution in [0, 0.1) is 5.92 Å². The van der Waals surface area contributed by atoms with Crippen molar-refractivity contribution in [2.24, 2.45) is 5.92 Å². The Bertz CT molecular complexity index is 248. The van der Waals surface area contributed by atoms with Crippen molar-refractivity contribution in [1.82, 2.24) is 5.32 Å². The van der Waals surface area contributed by atoms with Crippen LogP contribution >= 0.6 is 0 Å². The van der Waals surface area contributed by atoms with Gasteiger partial charge in [-0.05, 0) is 44.4 Å². The van der Waals surface area contributed by atoms with Crippen LogP contribution in [-0.2, 0) is 4.74 Å². The van der Waals surface area contributed by atoms with E-state index in [2.05, 4.69) is 12.2 Å². The Morgan fingerprint density at radius 2 is 1.80 bits per heavy atom. The summed E-state index contributed by atoms with van der Waals surface area (Å²) in [5, 5.41) is 23.2. The fourth-order valence-corrected chi connectivity index (χ4v) is 2.67. The summed E-state index contributed by atoms with van der Waals surface area (Å²) in [4.78, 5) is 0. The molecule has 0 amide bonds. The molecular weight excluding hydrogens is 254 g/mol. The lowest BCUT2D eigenvalue weighted by atomic mass is 9.89. The Hall–Kier alpha value is -0.160. The van der Waals surface area contributed by atoms with Crippen LogP contribution in [0.25, 0.3) is 0 Å².